The van der Waals surface area contributed by atoms with Gasteiger partial charge in [0.15, 0.2) is 29.0 Å². The maximum atomic E-state index is 13.6. The number of hydrogen-bond donors (Lipinski definition) is 1. The highest BCUT2D eigenvalue weighted by atomic mass is 19.2. The number of nitrogens with zero attached hydrogens (tertiary/aromatic N) is 3. The van der Waals surface area contributed by atoms with E-state index in [1.165, 1.54) is 19.2 Å². The summed E-state index contributed by atoms with van der Waals surface area (Å²) in [7, 11) is 1.31. The molecule has 0 spiro atoms. The van der Waals surface area contributed by atoms with Gasteiger partial charge in [-0.2, -0.15) is 10.2 Å². The summed E-state index contributed by atoms with van der Waals surface area (Å²) in [5.41, 5.74) is -0.140. The van der Waals surface area contributed by atoms with Crippen molar-refractivity contribution in [1.29, 1.82) is 0 Å². The highest BCUT2D eigenvalue weighted by Gasteiger charge is 2.24. The summed E-state index contributed by atoms with van der Waals surface area (Å²) < 4.78 is 67.4. The first-order chi connectivity index (χ1) is 13.2. The molecule has 0 saturated carbocycles. The van der Waals surface area contributed by atoms with Crippen LogP contribution in [0.15, 0.2) is 34.2 Å². The van der Waals surface area contributed by atoms with Gasteiger partial charge in [0, 0.05) is 12.4 Å². The van der Waals surface area contributed by atoms with Crippen LogP contribution in [0.3, 0.4) is 0 Å². The summed E-state index contributed by atoms with van der Waals surface area (Å²) in [6.07, 6.45) is 0.276. The van der Waals surface area contributed by atoms with Crippen LogP contribution in [0.2, 0.25) is 0 Å². The summed E-state index contributed by atoms with van der Waals surface area (Å²) in [6.45, 7) is 0. The molecule has 6 nitrogen and oxygen atoms in total. The van der Waals surface area contributed by atoms with E-state index < -0.39 is 46.1 Å². The Hall–Kier alpha value is -3.63. The number of fused-ring (bicyclic) bond motifs is 1. The van der Waals surface area contributed by atoms with E-state index in [0.29, 0.717) is 0 Å². The molecule has 144 valence electrons. The maximum absolute atomic E-state index is 13.6. The molecule has 0 radical (unpaired) electrons. The Morgan fingerprint density at radius 3 is 2.14 bits per heavy atom. The second-order valence-electron chi connectivity index (χ2n) is 5.51. The Morgan fingerprint density at radius 1 is 1.00 bits per heavy atom. The summed E-state index contributed by atoms with van der Waals surface area (Å²) >= 11 is 0. The molecule has 0 aliphatic carbocycles. The number of benzene rings is 2. The summed E-state index contributed by atoms with van der Waals surface area (Å²) in [5, 5.41) is 7.40. The van der Waals surface area contributed by atoms with Gasteiger partial charge in [-0.3, -0.25) is 9.59 Å². The van der Waals surface area contributed by atoms with Gasteiger partial charge < -0.3 is 0 Å². The SMILES string of the molecule is Cn1nc(C(=O)N/N=C/c2c(F)c(F)c(F)c(F)c2F)c2ccccc2c1=O. The van der Waals surface area contributed by atoms with Crippen LogP contribution >= 0.6 is 0 Å². The van der Waals surface area contributed by atoms with Crippen LogP contribution in [-0.2, 0) is 7.05 Å². The number of nitrogens with one attached hydrogen (secondary N) is 1. The van der Waals surface area contributed by atoms with Crippen molar-refractivity contribution < 1.29 is 26.7 Å². The van der Waals surface area contributed by atoms with Crippen molar-refractivity contribution in [1.82, 2.24) is 15.2 Å². The lowest BCUT2D eigenvalue weighted by molar-refractivity contribution is 0.0950. The number of rotatable bonds is 3. The molecule has 0 aliphatic rings. The van der Waals surface area contributed by atoms with Crippen molar-refractivity contribution in [3.05, 3.63) is 75.0 Å². The zero-order chi connectivity index (χ0) is 20.6. The third-order valence-electron chi connectivity index (χ3n) is 3.78. The molecule has 3 aromatic rings. The number of hydrogen-bond acceptors (Lipinski definition) is 4. The van der Waals surface area contributed by atoms with Crippen LogP contribution < -0.4 is 11.0 Å². The van der Waals surface area contributed by atoms with E-state index in [4.69, 9.17) is 0 Å². The van der Waals surface area contributed by atoms with Crippen LogP contribution in [-0.4, -0.2) is 21.9 Å². The van der Waals surface area contributed by atoms with Gasteiger partial charge in [-0.1, -0.05) is 18.2 Å². The molecule has 0 saturated heterocycles. The third kappa shape index (κ3) is 3.10. The molecular weight excluding hydrogens is 387 g/mol. The molecule has 1 amide bonds. The largest absolute Gasteiger partial charge is 0.292 e. The fourth-order valence-electron chi connectivity index (χ4n) is 2.41. The van der Waals surface area contributed by atoms with Crippen LogP contribution in [0.5, 0.6) is 0 Å². The van der Waals surface area contributed by atoms with E-state index in [-0.39, 0.29) is 22.7 Å². The van der Waals surface area contributed by atoms with Crippen molar-refractivity contribution in [3.63, 3.8) is 0 Å². The van der Waals surface area contributed by atoms with E-state index in [9.17, 15) is 31.5 Å². The number of amides is 1. The minimum atomic E-state index is -2.31. The van der Waals surface area contributed by atoms with Crippen molar-refractivity contribution in [3.8, 4) is 0 Å². The predicted molar refractivity (Wildman–Crippen MR) is 88.3 cm³/mol. The molecule has 0 aliphatic heterocycles. The number of carbonyl (C=O) groups is 1. The normalized spacial score (nSPS) is 11.4. The van der Waals surface area contributed by atoms with Gasteiger partial charge in [-0.25, -0.2) is 32.1 Å². The molecule has 0 unspecified atom stereocenters. The van der Waals surface area contributed by atoms with Gasteiger partial charge in [0.25, 0.3) is 11.5 Å². The van der Waals surface area contributed by atoms with Gasteiger partial charge in [0.2, 0.25) is 5.82 Å². The van der Waals surface area contributed by atoms with Crippen molar-refractivity contribution in [2.75, 3.05) is 0 Å². The lowest BCUT2D eigenvalue weighted by atomic mass is 10.1. The average Bonchev–Trinajstić information content (AvgIpc) is 2.70. The average molecular weight is 396 g/mol. The Labute approximate surface area is 152 Å². The van der Waals surface area contributed by atoms with Gasteiger partial charge in [-0.05, 0) is 6.07 Å². The zero-order valence-corrected chi connectivity index (χ0v) is 13.9. The lowest BCUT2D eigenvalue weighted by Crippen LogP contribution is -2.27. The van der Waals surface area contributed by atoms with E-state index in [1.54, 1.807) is 12.1 Å². The molecule has 11 heteroatoms. The molecule has 0 bridgehead atoms. The third-order valence-corrected chi connectivity index (χ3v) is 3.78. The standard InChI is InChI=1S/C17H9F5N4O2/c1-26-17(28)8-5-3-2-4-7(8)15(25-26)16(27)24-23-6-9-10(18)12(20)14(22)13(21)11(9)19/h2-6H,1H3,(H,24,27)/b23-6+. The van der Waals surface area contributed by atoms with Crippen molar-refractivity contribution in [2.24, 2.45) is 12.1 Å². The van der Waals surface area contributed by atoms with Gasteiger partial charge >= 0.3 is 0 Å². The molecule has 2 aromatic carbocycles. The summed E-state index contributed by atoms with van der Waals surface area (Å²) in [5.74, 6) is -11.8. The summed E-state index contributed by atoms with van der Waals surface area (Å²) in [6, 6.07) is 6.05. The Morgan fingerprint density at radius 2 is 1.54 bits per heavy atom. The summed E-state index contributed by atoms with van der Waals surface area (Å²) in [4.78, 5) is 24.3. The topological polar surface area (TPSA) is 76.3 Å². The Kier molecular flexibility index (Phi) is 4.91. The fraction of sp³-hybridized carbons (Fsp3) is 0.0588. The molecular formula is C17H9F5N4O2. The molecule has 28 heavy (non-hydrogen) atoms. The quantitative estimate of drug-likeness (QED) is 0.243. The Bertz CT molecular complexity index is 1180. The van der Waals surface area contributed by atoms with Gasteiger partial charge in [0.1, 0.15) is 0 Å². The van der Waals surface area contributed by atoms with Crippen LogP contribution in [0, 0.1) is 29.1 Å². The maximum Gasteiger partial charge on any atom is 0.292 e. The minimum absolute atomic E-state index is 0.189. The molecule has 0 fully saturated rings. The lowest BCUT2D eigenvalue weighted by Gasteiger charge is -2.07. The van der Waals surface area contributed by atoms with Crippen molar-refractivity contribution >= 4 is 22.9 Å². The van der Waals surface area contributed by atoms with E-state index >= 15 is 0 Å². The number of halogens is 5. The van der Waals surface area contributed by atoms with E-state index in [2.05, 4.69) is 10.2 Å². The first-order valence-corrected chi connectivity index (χ1v) is 7.55. The Balaban J connectivity index is 1.96. The zero-order valence-electron chi connectivity index (χ0n) is 13.9. The molecule has 3 rings (SSSR count). The second kappa shape index (κ2) is 7.18. The number of aryl methyl sites for hydroxylation is 1. The van der Waals surface area contributed by atoms with Gasteiger partial charge in [-0.15, -0.1) is 0 Å². The van der Waals surface area contributed by atoms with Crippen LogP contribution in [0.4, 0.5) is 22.0 Å². The number of hydrazone groups is 1. The smallest absolute Gasteiger partial charge is 0.267 e. The molecule has 1 heterocycles. The van der Waals surface area contributed by atoms with Crippen LogP contribution in [0.25, 0.3) is 10.8 Å². The first-order valence-electron chi connectivity index (χ1n) is 7.55. The van der Waals surface area contributed by atoms with E-state index in [0.717, 1.165) is 4.68 Å². The molecule has 1 N–H and O–H groups in total. The van der Waals surface area contributed by atoms with Crippen LogP contribution in [0.1, 0.15) is 16.1 Å². The first kappa shape index (κ1) is 19.1. The number of carbonyl (C=O) groups excluding carboxylic acids is 1. The second-order valence-corrected chi connectivity index (χ2v) is 5.51. The fourth-order valence-corrected chi connectivity index (χ4v) is 2.41. The molecule has 0 atom stereocenters. The predicted octanol–water partition coefficient (Wildman–Crippen LogP) is 2.39. The highest BCUT2D eigenvalue weighted by Crippen LogP contribution is 2.21. The van der Waals surface area contributed by atoms with Gasteiger partial charge in [0.05, 0.1) is 17.2 Å². The highest BCUT2D eigenvalue weighted by molar-refractivity contribution is 6.04. The number of aromatic nitrogens is 2. The van der Waals surface area contributed by atoms with E-state index in [1.807, 2.05) is 5.43 Å². The van der Waals surface area contributed by atoms with Crippen molar-refractivity contribution in [2.45, 2.75) is 0 Å². The monoisotopic (exact) mass is 396 g/mol. The molecule has 1 aromatic heterocycles. The minimum Gasteiger partial charge on any atom is -0.267 e.